The minimum Gasteiger partial charge on any atom is -0.444 e. The predicted molar refractivity (Wildman–Crippen MR) is 119 cm³/mol. The predicted octanol–water partition coefficient (Wildman–Crippen LogP) is 2.42. The standard InChI is InChI=1S/C24H31N3O4/c1-24(2,3)31-23(29)25-20-11-9-19(10-12-20)22(28)26-21(18-7-5-4-6-8-18)17-27-13-15-30-16-14-27/h4-12,21H,13-17H2,1-3H3,(H,25,29)(H,26,28)/p+1/t21-/m0/s1. The van der Waals surface area contributed by atoms with Gasteiger partial charge in [0.15, 0.2) is 0 Å². The topological polar surface area (TPSA) is 81.1 Å². The number of hydrogen-bond acceptors (Lipinski definition) is 4. The first-order valence-corrected chi connectivity index (χ1v) is 10.7. The van der Waals surface area contributed by atoms with E-state index in [1.807, 2.05) is 51.1 Å². The summed E-state index contributed by atoms with van der Waals surface area (Å²) in [4.78, 5) is 26.3. The molecule has 2 amide bonds. The molecule has 0 saturated carbocycles. The van der Waals surface area contributed by atoms with Crippen LogP contribution in [-0.4, -0.2) is 50.4 Å². The summed E-state index contributed by atoms with van der Waals surface area (Å²) >= 11 is 0. The number of amides is 2. The third kappa shape index (κ3) is 7.38. The molecule has 0 bridgehead atoms. The maximum absolute atomic E-state index is 12.9. The van der Waals surface area contributed by atoms with Gasteiger partial charge in [-0.1, -0.05) is 30.3 Å². The monoisotopic (exact) mass is 426 g/mol. The second-order valence-corrected chi connectivity index (χ2v) is 8.71. The van der Waals surface area contributed by atoms with Crippen molar-refractivity contribution in [2.75, 3.05) is 38.2 Å². The average Bonchev–Trinajstić information content (AvgIpc) is 2.74. The van der Waals surface area contributed by atoms with Crippen LogP contribution in [0.25, 0.3) is 0 Å². The Morgan fingerprint density at radius 3 is 2.29 bits per heavy atom. The van der Waals surface area contributed by atoms with E-state index in [2.05, 4.69) is 10.6 Å². The zero-order chi connectivity index (χ0) is 22.3. The highest BCUT2D eigenvalue weighted by Gasteiger charge is 2.23. The van der Waals surface area contributed by atoms with E-state index in [-0.39, 0.29) is 11.9 Å². The van der Waals surface area contributed by atoms with Crippen molar-refractivity contribution >= 4 is 17.7 Å². The lowest BCUT2D eigenvalue weighted by atomic mass is 10.1. The van der Waals surface area contributed by atoms with Crippen LogP contribution in [0.2, 0.25) is 0 Å². The van der Waals surface area contributed by atoms with E-state index >= 15 is 0 Å². The molecule has 0 aromatic heterocycles. The second-order valence-electron chi connectivity index (χ2n) is 8.71. The lowest BCUT2D eigenvalue weighted by Crippen LogP contribution is -3.14. The van der Waals surface area contributed by atoms with E-state index in [1.54, 1.807) is 24.3 Å². The first-order valence-electron chi connectivity index (χ1n) is 10.7. The molecule has 1 atom stereocenters. The molecule has 3 rings (SSSR count). The van der Waals surface area contributed by atoms with Crippen molar-refractivity contribution in [2.24, 2.45) is 0 Å². The van der Waals surface area contributed by atoms with Crippen LogP contribution in [0.3, 0.4) is 0 Å². The van der Waals surface area contributed by atoms with Gasteiger partial charge in [0.1, 0.15) is 31.3 Å². The van der Waals surface area contributed by atoms with E-state index in [4.69, 9.17) is 9.47 Å². The highest BCUT2D eigenvalue weighted by atomic mass is 16.6. The van der Waals surface area contributed by atoms with Crippen LogP contribution in [0, 0.1) is 0 Å². The van der Waals surface area contributed by atoms with E-state index < -0.39 is 11.7 Å². The molecular formula is C24H32N3O4+. The molecule has 7 nitrogen and oxygen atoms in total. The summed E-state index contributed by atoms with van der Waals surface area (Å²) in [6, 6.07) is 16.7. The van der Waals surface area contributed by atoms with E-state index in [9.17, 15) is 9.59 Å². The molecule has 0 spiro atoms. The van der Waals surface area contributed by atoms with Gasteiger partial charge >= 0.3 is 6.09 Å². The molecule has 31 heavy (non-hydrogen) atoms. The van der Waals surface area contributed by atoms with Crippen molar-refractivity contribution in [3.05, 3.63) is 65.7 Å². The van der Waals surface area contributed by atoms with Gasteiger partial charge in [0.05, 0.1) is 13.2 Å². The molecule has 0 aliphatic carbocycles. The summed E-state index contributed by atoms with van der Waals surface area (Å²) in [5, 5.41) is 5.85. The average molecular weight is 427 g/mol. The normalized spacial score (nSPS) is 15.7. The van der Waals surface area contributed by atoms with Crippen molar-refractivity contribution in [2.45, 2.75) is 32.4 Å². The Kier molecular flexibility index (Phi) is 7.65. The van der Waals surface area contributed by atoms with Crippen molar-refractivity contribution < 1.29 is 24.0 Å². The van der Waals surface area contributed by atoms with Crippen molar-refractivity contribution in [1.29, 1.82) is 0 Å². The van der Waals surface area contributed by atoms with E-state index in [0.29, 0.717) is 11.3 Å². The van der Waals surface area contributed by atoms with Crippen molar-refractivity contribution in [3.63, 3.8) is 0 Å². The molecule has 2 aromatic carbocycles. The van der Waals surface area contributed by atoms with Crippen LogP contribution in [0.15, 0.2) is 54.6 Å². The number of nitrogens with one attached hydrogen (secondary N) is 3. The summed E-state index contributed by atoms with van der Waals surface area (Å²) in [5.41, 5.74) is 1.62. The van der Waals surface area contributed by atoms with Crippen LogP contribution in [0.5, 0.6) is 0 Å². The third-order valence-electron chi connectivity index (χ3n) is 4.99. The zero-order valence-corrected chi connectivity index (χ0v) is 18.4. The van der Waals surface area contributed by atoms with Gasteiger partial charge in [0, 0.05) is 11.3 Å². The lowest BCUT2D eigenvalue weighted by Gasteiger charge is -2.28. The molecule has 2 aromatic rings. The van der Waals surface area contributed by atoms with Crippen LogP contribution in [0.4, 0.5) is 10.5 Å². The van der Waals surface area contributed by atoms with Crippen LogP contribution in [-0.2, 0) is 9.47 Å². The minimum absolute atomic E-state index is 0.0960. The summed E-state index contributed by atoms with van der Waals surface area (Å²) in [5.74, 6) is -0.148. The molecule has 0 unspecified atom stereocenters. The molecular weight excluding hydrogens is 394 g/mol. The fraction of sp³-hybridized carbons (Fsp3) is 0.417. The Labute approximate surface area is 183 Å². The fourth-order valence-corrected chi connectivity index (χ4v) is 3.46. The van der Waals surface area contributed by atoms with Gasteiger partial charge in [-0.25, -0.2) is 4.79 Å². The van der Waals surface area contributed by atoms with Gasteiger partial charge in [0.25, 0.3) is 5.91 Å². The number of carbonyl (C=O) groups is 2. The fourth-order valence-electron chi connectivity index (χ4n) is 3.46. The Bertz CT molecular complexity index is 857. The maximum Gasteiger partial charge on any atom is 0.412 e. The number of carbonyl (C=O) groups excluding carboxylic acids is 2. The first kappa shape index (κ1) is 22.8. The van der Waals surface area contributed by atoms with Gasteiger partial charge < -0.3 is 19.7 Å². The van der Waals surface area contributed by atoms with E-state index in [0.717, 1.165) is 38.4 Å². The number of benzene rings is 2. The zero-order valence-electron chi connectivity index (χ0n) is 18.4. The Balaban J connectivity index is 1.64. The molecule has 1 aliphatic heterocycles. The Hall–Kier alpha value is -2.90. The van der Waals surface area contributed by atoms with Crippen LogP contribution >= 0.6 is 0 Å². The second kappa shape index (κ2) is 10.4. The number of rotatable bonds is 6. The summed E-state index contributed by atoms with van der Waals surface area (Å²) < 4.78 is 10.7. The lowest BCUT2D eigenvalue weighted by molar-refractivity contribution is -0.909. The smallest absolute Gasteiger partial charge is 0.412 e. The van der Waals surface area contributed by atoms with Gasteiger partial charge in [-0.2, -0.15) is 0 Å². The molecule has 1 heterocycles. The van der Waals surface area contributed by atoms with Crippen molar-refractivity contribution in [1.82, 2.24) is 5.32 Å². The number of anilines is 1. The number of morpholine rings is 1. The van der Waals surface area contributed by atoms with Crippen LogP contribution in [0.1, 0.15) is 42.7 Å². The molecule has 0 radical (unpaired) electrons. The quantitative estimate of drug-likeness (QED) is 0.663. The number of ether oxygens (including phenoxy) is 2. The Morgan fingerprint density at radius 2 is 1.68 bits per heavy atom. The molecule has 1 fully saturated rings. The van der Waals surface area contributed by atoms with Crippen LogP contribution < -0.4 is 15.5 Å². The SMILES string of the molecule is CC(C)(C)OC(=O)Nc1ccc(C(=O)N[C@@H](C[NH+]2CCOCC2)c2ccccc2)cc1. The molecule has 3 N–H and O–H groups in total. The largest absolute Gasteiger partial charge is 0.444 e. The van der Waals surface area contributed by atoms with Gasteiger partial charge in [-0.05, 0) is 50.6 Å². The highest BCUT2D eigenvalue weighted by molar-refractivity contribution is 5.95. The van der Waals surface area contributed by atoms with Gasteiger partial charge in [0.2, 0.25) is 0 Å². The number of hydrogen-bond donors (Lipinski definition) is 3. The van der Waals surface area contributed by atoms with Gasteiger partial charge in [-0.15, -0.1) is 0 Å². The van der Waals surface area contributed by atoms with Crippen molar-refractivity contribution in [3.8, 4) is 0 Å². The third-order valence-corrected chi connectivity index (χ3v) is 4.99. The van der Waals surface area contributed by atoms with E-state index in [1.165, 1.54) is 4.90 Å². The molecule has 7 heteroatoms. The maximum atomic E-state index is 12.9. The summed E-state index contributed by atoms with van der Waals surface area (Å²) in [6.07, 6.45) is -0.526. The number of quaternary nitrogens is 1. The molecule has 1 saturated heterocycles. The van der Waals surface area contributed by atoms with Gasteiger partial charge in [-0.3, -0.25) is 10.1 Å². The molecule has 166 valence electrons. The summed E-state index contributed by atoms with van der Waals surface area (Å²) in [7, 11) is 0. The summed E-state index contributed by atoms with van der Waals surface area (Å²) in [6.45, 7) is 9.59. The highest BCUT2D eigenvalue weighted by Crippen LogP contribution is 2.15. The minimum atomic E-state index is -0.571. The molecule has 1 aliphatic rings. The first-order chi connectivity index (χ1) is 14.8. The Morgan fingerprint density at radius 1 is 1.03 bits per heavy atom.